The number of nitrogens with one attached hydrogen (secondary N) is 1. The Hall–Kier alpha value is -2.20. The van der Waals surface area contributed by atoms with Crippen molar-refractivity contribution in [3.63, 3.8) is 0 Å². The molecule has 4 nitrogen and oxygen atoms in total. The molecule has 21 heavy (non-hydrogen) atoms. The third kappa shape index (κ3) is 5.36. The van der Waals surface area contributed by atoms with E-state index in [2.05, 4.69) is 10.3 Å². The Labute approximate surface area is 124 Å². The third-order valence-corrected chi connectivity index (χ3v) is 3.39. The Morgan fingerprint density at radius 2 is 1.90 bits per heavy atom. The van der Waals surface area contributed by atoms with Crippen molar-refractivity contribution >= 4 is 5.97 Å². The molecule has 2 N–H and O–H groups in total. The summed E-state index contributed by atoms with van der Waals surface area (Å²) >= 11 is 0. The number of nitrogens with zero attached hydrogens (tertiary/aromatic N) is 1. The molecule has 0 aliphatic carbocycles. The van der Waals surface area contributed by atoms with E-state index in [4.69, 9.17) is 0 Å². The molecule has 0 amide bonds. The average molecular weight is 284 g/mol. The van der Waals surface area contributed by atoms with Gasteiger partial charge in [0.05, 0.1) is 5.92 Å². The Kier molecular flexibility index (Phi) is 5.91. The second kappa shape index (κ2) is 8.17. The Bertz CT molecular complexity index is 543. The standard InChI is InChI=1S/C17H20N2O2/c20-17(21)15(9-10-16-8-4-5-11-19-16)13-18-12-14-6-2-1-3-7-14/h1-8,11,15,18H,9-10,12-13H2,(H,20,21). The first kappa shape index (κ1) is 15.2. The second-order valence-corrected chi connectivity index (χ2v) is 5.01. The number of aliphatic carboxylic acids is 1. The number of hydrogen-bond acceptors (Lipinski definition) is 3. The van der Waals surface area contributed by atoms with E-state index >= 15 is 0 Å². The normalized spacial score (nSPS) is 12.0. The van der Waals surface area contributed by atoms with Gasteiger partial charge in [0, 0.05) is 25.0 Å². The van der Waals surface area contributed by atoms with E-state index in [1.165, 1.54) is 0 Å². The molecule has 0 radical (unpaired) electrons. The zero-order chi connectivity index (χ0) is 14.9. The van der Waals surface area contributed by atoms with Crippen LogP contribution in [0.1, 0.15) is 17.7 Å². The van der Waals surface area contributed by atoms with Crippen LogP contribution in [0.25, 0.3) is 0 Å². The van der Waals surface area contributed by atoms with Crippen molar-refractivity contribution in [2.24, 2.45) is 5.92 Å². The maximum Gasteiger partial charge on any atom is 0.307 e. The van der Waals surface area contributed by atoms with Crippen molar-refractivity contribution in [1.29, 1.82) is 0 Å². The lowest BCUT2D eigenvalue weighted by Crippen LogP contribution is -2.28. The van der Waals surface area contributed by atoms with E-state index in [-0.39, 0.29) is 0 Å². The van der Waals surface area contributed by atoms with Gasteiger partial charge in [-0.1, -0.05) is 36.4 Å². The van der Waals surface area contributed by atoms with E-state index in [1.807, 2.05) is 48.5 Å². The summed E-state index contributed by atoms with van der Waals surface area (Å²) in [5.41, 5.74) is 2.10. The molecule has 1 heterocycles. The smallest absolute Gasteiger partial charge is 0.307 e. The first-order valence-electron chi connectivity index (χ1n) is 7.13. The van der Waals surface area contributed by atoms with E-state index in [0.29, 0.717) is 25.9 Å². The Balaban J connectivity index is 1.78. The van der Waals surface area contributed by atoms with Crippen LogP contribution in [0.2, 0.25) is 0 Å². The fraction of sp³-hybridized carbons (Fsp3) is 0.294. The minimum Gasteiger partial charge on any atom is -0.481 e. The Morgan fingerprint density at radius 3 is 2.57 bits per heavy atom. The van der Waals surface area contributed by atoms with Crippen LogP contribution in [0, 0.1) is 5.92 Å². The van der Waals surface area contributed by atoms with Gasteiger partial charge >= 0.3 is 5.97 Å². The number of carbonyl (C=O) groups is 1. The zero-order valence-corrected chi connectivity index (χ0v) is 11.9. The predicted molar refractivity (Wildman–Crippen MR) is 81.8 cm³/mol. The fourth-order valence-electron chi connectivity index (χ4n) is 2.17. The summed E-state index contributed by atoms with van der Waals surface area (Å²) in [4.78, 5) is 15.5. The van der Waals surface area contributed by atoms with Crippen LogP contribution in [0.3, 0.4) is 0 Å². The summed E-state index contributed by atoms with van der Waals surface area (Å²) < 4.78 is 0. The topological polar surface area (TPSA) is 62.2 Å². The number of carboxylic acids is 1. The number of hydrogen-bond donors (Lipinski definition) is 2. The van der Waals surface area contributed by atoms with Gasteiger partial charge in [0.15, 0.2) is 0 Å². The summed E-state index contributed by atoms with van der Waals surface area (Å²) in [6, 6.07) is 15.7. The number of aryl methyl sites for hydroxylation is 1. The van der Waals surface area contributed by atoms with Crippen molar-refractivity contribution in [2.45, 2.75) is 19.4 Å². The highest BCUT2D eigenvalue weighted by Gasteiger charge is 2.16. The molecule has 1 unspecified atom stereocenters. The van der Waals surface area contributed by atoms with Gasteiger partial charge < -0.3 is 10.4 Å². The SMILES string of the molecule is O=C(O)C(CCc1ccccn1)CNCc1ccccc1. The number of rotatable bonds is 8. The quantitative estimate of drug-likeness (QED) is 0.782. The minimum absolute atomic E-state index is 0.393. The molecule has 0 fully saturated rings. The summed E-state index contributed by atoms with van der Waals surface area (Å²) in [6.45, 7) is 1.16. The van der Waals surface area contributed by atoms with Gasteiger partial charge in [-0.2, -0.15) is 0 Å². The molecule has 0 aliphatic rings. The monoisotopic (exact) mass is 284 g/mol. The van der Waals surface area contributed by atoms with Crippen LogP contribution in [-0.4, -0.2) is 22.6 Å². The molecule has 0 saturated heterocycles. The molecule has 0 bridgehead atoms. The van der Waals surface area contributed by atoms with Crippen molar-refractivity contribution < 1.29 is 9.90 Å². The fourth-order valence-corrected chi connectivity index (χ4v) is 2.17. The van der Waals surface area contributed by atoms with Crippen molar-refractivity contribution in [3.05, 3.63) is 66.0 Å². The largest absolute Gasteiger partial charge is 0.481 e. The van der Waals surface area contributed by atoms with Crippen molar-refractivity contribution in [2.75, 3.05) is 6.54 Å². The van der Waals surface area contributed by atoms with E-state index in [9.17, 15) is 9.90 Å². The van der Waals surface area contributed by atoms with E-state index in [1.54, 1.807) is 6.20 Å². The highest BCUT2D eigenvalue weighted by Crippen LogP contribution is 2.08. The highest BCUT2D eigenvalue weighted by molar-refractivity contribution is 5.70. The predicted octanol–water partition coefficient (Wildman–Crippen LogP) is 2.50. The molecule has 1 aromatic carbocycles. The van der Waals surface area contributed by atoms with E-state index in [0.717, 1.165) is 11.3 Å². The van der Waals surface area contributed by atoms with Gasteiger partial charge in [-0.05, 0) is 30.5 Å². The first-order chi connectivity index (χ1) is 10.3. The molecule has 0 aliphatic heterocycles. The molecule has 2 rings (SSSR count). The second-order valence-electron chi connectivity index (χ2n) is 5.01. The zero-order valence-electron chi connectivity index (χ0n) is 11.9. The molecule has 0 saturated carbocycles. The summed E-state index contributed by atoms with van der Waals surface area (Å²) in [7, 11) is 0. The average Bonchev–Trinajstić information content (AvgIpc) is 2.52. The third-order valence-electron chi connectivity index (χ3n) is 3.39. The molecule has 1 atom stereocenters. The number of aromatic nitrogens is 1. The summed E-state index contributed by atoms with van der Waals surface area (Å²) in [6.07, 6.45) is 3.01. The first-order valence-corrected chi connectivity index (χ1v) is 7.13. The minimum atomic E-state index is -0.758. The molecular formula is C17H20N2O2. The maximum atomic E-state index is 11.3. The molecule has 0 spiro atoms. The van der Waals surface area contributed by atoms with Gasteiger partial charge in [-0.15, -0.1) is 0 Å². The van der Waals surface area contributed by atoms with Crippen LogP contribution in [0.15, 0.2) is 54.7 Å². The van der Waals surface area contributed by atoms with Crippen LogP contribution >= 0.6 is 0 Å². The van der Waals surface area contributed by atoms with Gasteiger partial charge in [0.1, 0.15) is 0 Å². The van der Waals surface area contributed by atoms with Crippen LogP contribution in [0.4, 0.5) is 0 Å². The van der Waals surface area contributed by atoms with Crippen LogP contribution in [0.5, 0.6) is 0 Å². The Morgan fingerprint density at radius 1 is 1.14 bits per heavy atom. The maximum absolute atomic E-state index is 11.3. The highest BCUT2D eigenvalue weighted by atomic mass is 16.4. The number of benzene rings is 1. The lowest BCUT2D eigenvalue weighted by molar-refractivity contribution is -0.141. The number of carboxylic acid groups (broad SMARTS) is 1. The van der Waals surface area contributed by atoms with Gasteiger partial charge in [0.25, 0.3) is 0 Å². The summed E-state index contributed by atoms with van der Waals surface area (Å²) in [5, 5.41) is 12.5. The molecular weight excluding hydrogens is 264 g/mol. The van der Waals surface area contributed by atoms with Gasteiger partial charge in [-0.25, -0.2) is 0 Å². The van der Waals surface area contributed by atoms with E-state index < -0.39 is 11.9 Å². The lowest BCUT2D eigenvalue weighted by atomic mass is 10.0. The number of pyridine rings is 1. The van der Waals surface area contributed by atoms with Crippen LogP contribution in [-0.2, 0) is 17.8 Å². The molecule has 110 valence electrons. The summed E-state index contributed by atoms with van der Waals surface area (Å²) in [5.74, 6) is -1.15. The van der Waals surface area contributed by atoms with Crippen molar-refractivity contribution in [1.82, 2.24) is 10.3 Å². The van der Waals surface area contributed by atoms with Gasteiger partial charge in [-0.3, -0.25) is 9.78 Å². The van der Waals surface area contributed by atoms with Gasteiger partial charge in [0.2, 0.25) is 0 Å². The van der Waals surface area contributed by atoms with Crippen molar-refractivity contribution in [3.8, 4) is 0 Å². The molecule has 4 heteroatoms. The van der Waals surface area contributed by atoms with Crippen LogP contribution < -0.4 is 5.32 Å². The lowest BCUT2D eigenvalue weighted by Gasteiger charge is -2.13. The molecule has 1 aromatic heterocycles. The molecule has 2 aromatic rings.